The molecular weight excluding hydrogens is 400 g/mol. The van der Waals surface area contributed by atoms with Crippen LogP contribution in [0.2, 0.25) is 0 Å². The maximum Gasteiger partial charge on any atom is 0.254 e. The van der Waals surface area contributed by atoms with E-state index in [9.17, 15) is 4.79 Å². The van der Waals surface area contributed by atoms with Crippen LogP contribution < -0.4 is 9.47 Å². The van der Waals surface area contributed by atoms with Gasteiger partial charge in [-0.15, -0.1) is 0 Å². The van der Waals surface area contributed by atoms with Gasteiger partial charge in [-0.3, -0.25) is 9.69 Å². The second kappa shape index (κ2) is 9.05. The lowest BCUT2D eigenvalue weighted by Crippen LogP contribution is -2.32. The van der Waals surface area contributed by atoms with Crippen LogP contribution in [-0.4, -0.2) is 42.5 Å². The minimum absolute atomic E-state index is 0.00149. The van der Waals surface area contributed by atoms with Gasteiger partial charge < -0.3 is 14.4 Å². The first-order valence-corrected chi connectivity index (χ1v) is 11.2. The molecule has 5 nitrogen and oxygen atoms in total. The van der Waals surface area contributed by atoms with E-state index in [0.29, 0.717) is 31.0 Å². The van der Waals surface area contributed by atoms with E-state index in [1.165, 1.54) is 16.7 Å². The van der Waals surface area contributed by atoms with Crippen molar-refractivity contribution in [3.8, 4) is 11.5 Å². The van der Waals surface area contributed by atoms with Crippen molar-refractivity contribution in [2.45, 2.75) is 26.1 Å². The van der Waals surface area contributed by atoms with E-state index in [-0.39, 0.29) is 5.91 Å². The third-order valence-corrected chi connectivity index (χ3v) is 6.32. The minimum Gasteiger partial charge on any atom is -0.497 e. The Balaban J connectivity index is 1.32. The van der Waals surface area contributed by atoms with Gasteiger partial charge in [0.05, 0.1) is 13.7 Å². The minimum atomic E-state index is -0.00149. The van der Waals surface area contributed by atoms with Crippen LogP contribution in [0.15, 0.2) is 66.7 Å². The van der Waals surface area contributed by atoms with E-state index < -0.39 is 0 Å². The third kappa shape index (κ3) is 4.34. The number of methoxy groups -OCH3 is 1. The van der Waals surface area contributed by atoms with Crippen molar-refractivity contribution >= 4 is 5.91 Å². The van der Waals surface area contributed by atoms with Crippen molar-refractivity contribution in [2.75, 3.05) is 26.8 Å². The first-order valence-electron chi connectivity index (χ1n) is 11.2. The Kier molecular flexibility index (Phi) is 5.82. The van der Waals surface area contributed by atoms with Gasteiger partial charge in [-0.1, -0.05) is 36.4 Å². The molecule has 2 aliphatic rings. The number of carbonyl (C=O) groups excluding carboxylic acids is 1. The molecule has 3 aromatic rings. The van der Waals surface area contributed by atoms with Crippen molar-refractivity contribution in [1.29, 1.82) is 0 Å². The largest absolute Gasteiger partial charge is 0.497 e. The molecule has 5 heteroatoms. The van der Waals surface area contributed by atoms with Crippen LogP contribution >= 0.6 is 0 Å². The monoisotopic (exact) mass is 428 g/mol. The molecule has 0 aromatic heterocycles. The average Bonchev–Trinajstić information content (AvgIpc) is 3.05. The third-order valence-electron chi connectivity index (χ3n) is 6.32. The highest BCUT2D eigenvalue weighted by atomic mass is 16.5. The Bertz CT molecular complexity index is 1130. The number of fused-ring (bicyclic) bond motifs is 2. The summed E-state index contributed by atoms with van der Waals surface area (Å²) in [5.41, 5.74) is 5.84. The molecule has 2 heterocycles. The maximum atomic E-state index is 13.2. The van der Waals surface area contributed by atoms with E-state index >= 15 is 0 Å². The standard InChI is InChI=1S/C27H28N2O3/c1-31-25-8-4-7-22(16-25)27(30)29-13-14-32-26-10-9-20(15-24(26)19-29)17-28-12-11-21-5-2-3-6-23(21)18-28/h2-10,15-16H,11-14,17-19H2,1H3. The maximum absolute atomic E-state index is 13.2. The fourth-order valence-electron chi connectivity index (χ4n) is 4.61. The molecule has 3 aromatic carbocycles. The van der Waals surface area contributed by atoms with E-state index in [2.05, 4.69) is 47.4 Å². The van der Waals surface area contributed by atoms with Gasteiger partial charge in [0.2, 0.25) is 0 Å². The van der Waals surface area contributed by atoms with E-state index in [4.69, 9.17) is 9.47 Å². The molecule has 0 saturated carbocycles. The molecule has 0 unspecified atom stereocenters. The predicted octanol–water partition coefficient (Wildman–Crippen LogP) is 4.29. The van der Waals surface area contributed by atoms with E-state index in [0.717, 1.165) is 37.4 Å². The van der Waals surface area contributed by atoms with Crippen LogP contribution in [0.5, 0.6) is 11.5 Å². The molecule has 5 rings (SSSR count). The fraction of sp³-hybridized carbons (Fsp3) is 0.296. The summed E-state index contributed by atoms with van der Waals surface area (Å²) in [7, 11) is 1.61. The van der Waals surface area contributed by atoms with Crippen LogP contribution in [0.25, 0.3) is 0 Å². The molecule has 0 spiro atoms. The fourth-order valence-corrected chi connectivity index (χ4v) is 4.61. The predicted molar refractivity (Wildman–Crippen MR) is 124 cm³/mol. The lowest BCUT2D eigenvalue weighted by atomic mass is 9.99. The zero-order chi connectivity index (χ0) is 21.9. The first-order chi connectivity index (χ1) is 15.7. The quantitative estimate of drug-likeness (QED) is 0.622. The van der Waals surface area contributed by atoms with Gasteiger partial charge in [-0.05, 0) is 53.4 Å². The number of hydrogen-bond donors (Lipinski definition) is 0. The smallest absolute Gasteiger partial charge is 0.254 e. The Morgan fingerprint density at radius 2 is 1.81 bits per heavy atom. The average molecular weight is 429 g/mol. The molecule has 0 fully saturated rings. The summed E-state index contributed by atoms with van der Waals surface area (Å²) in [6, 6.07) is 22.5. The molecule has 32 heavy (non-hydrogen) atoms. The molecular formula is C27H28N2O3. The molecule has 0 aliphatic carbocycles. The Morgan fingerprint density at radius 3 is 2.69 bits per heavy atom. The molecule has 0 radical (unpaired) electrons. The summed E-state index contributed by atoms with van der Waals surface area (Å²) in [6.07, 6.45) is 1.09. The topological polar surface area (TPSA) is 42.0 Å². The van der Waals surface area contributed by atoms with E-state index in [1.54, 1.807) is 13.2 Å². The molecule has 2 aliphatic heterocycles. The summed E-state index contributed by atoms with van der Waals surface area (Å²) < 4.78 is 11.3. The highest BCUT2D eigenvalue weighted by molar-refractivity contribution is 5.94. The first kappa shape index (κ1) is 20.6. The normalized spacial score (nSPS) is 15.8. The highest BCUT2D eigenvalue weighted by Gasteiger charge is 2.22. The van der Waals surface area contributed by atoms with Crippen molar-refractivity contribution in [2.24, 2.45) is 0 Å². The Hall–Kier alpha value is -3.31. The van der Waals surface area contributed by atoms with Crippen LogP contribution in [0.1, 0.15) is 32.6 Å². The van der Waals surface area contributed by atoms with Crippen LogP contribution in [0.4, 0.5) is 0 Å². The number of hydrogen-bond acceptors (Lipinski definition) is 4. The Morgan fingerprint density at radius 1 is 0.938 bits per heavy atom. The summed E-state index contributed by atoms with van der Waals surface area (Å²) >= 11 is 0. The number of benzene rings is 3. The SMILES string of the molecule is COc1cccc(C(=O)N2CCOc3ccc(CN4CCc5ccccc5C4)cc3C2)c1. The van der Waals surface area contributed by atoms with Crippen LogP contribution in [0, 0.1) is 0 Å². The molecule has 1 amide bonds. The summed E-state index contributed by atoms with van der Waals surface area (Å²) in [5.74, 6) is 1.56. The summed E-state index contributed by atoms with van der Waals surface area (Å²) in [6.45, 7) is 4.52. The summed E-state index contributed by atoms with van der Waals surface area (Å²) in [5, 5.41) is 0. The van der Waals surface area contributed by atoms with Gasteiger partial charge in [-0.2, -0.15) is 0 Å². The number of ether oxygens (including phenoxy) is 2. The highest BCUT2D eigenvalue weighted by Crippen LogP contribution is 2.27. The van der Waals surface area contributed by atoms with Crippen molar-refractivity contribution in [3.63, 3.8) is 0 Å². The Labute approximate surface area is 189 Å². The molecule has 164 valence electrons. The van der Waals surface area contributed by atoms with Gasteiger partial charge in [0.25, 0.3) is 5.91 Å². The molecule has 0 N–H and O–H groups in total. The van der Waals surface area contributed by atoms with Gasteiger partial charge >= 0.3 is 0 Å². The van der Waals surface area contributed by atoms with Gasteiger partial charge in [0.15, 0.2) is 0 Å². The van der Waals surface area contributed by atoms with Crippen molar-refractivity contribution in [1.82, 2.24) is 9.80 Å². The van der Waals surface area contributed by atoms with Crippen LogP contribution in [0.3, 0.4) is 0 Å². The zero-order valence-corrected chi connectivity index (χ0v) is 18.4. The number of nitrogens with zero attached hydrogens (tertiary/aromatic N) is 2. The number of amides is 1. The second-order valence-electron chi connectivity index (χ2n) is 8.48. The van der Waals surface area contributed by atoms with Gasteiger partial charge in [0, 0.05) is 37.3 Å². The lowest BCUT2D eigenvalue weighted by molar-refractivity contribution is 0.0733. The molecule has 0 saturated heterocycles. The second-order valence-corrected chi connectivity index (χ2v) is 8.48. The summed E-state index contributed by atoms with van der Waals surface area (Å²) in [4.78, 5) is 17.5. The number of rotatable bonds is 4. The molecule has 0 atom stereocenters. The lowest BCUT2D eigenvalue weighted by Gasteiger charge is -2.29. The van der Waals surface area contributed by atoms with Crippen molar-refractivity contribution in [3.05, 3.63) is 94.5 Å². The molecule has 0 bridgehead atoms. The van der Waals surface area contributed by atoms with Crippen LogP contribution in [-0.2, 0) is 26.1 Å². The van der Waals surface area contributed by atoms with E-state index in [1.807, 2.05) is 23.1 Å². The van der Waals surface area contributed by atoms with Gasteiger partial charge in [0.1, 0.15) is 18.1 Å². The number of carbonyl (C=O) groups is 1. The zero-order valence-electron chi connectivity index (χ0n) is 18.4. The van der Waals surface area contributed by atoms with Crippen molar-refractivity contribution < 1.29 is 14.3 Å². The van der Waals surface area contributed by atoms with Gasteiger partial charge in [-0.25, -0.2) is 0 Å².